The molecule has 1 atom stereocenters. The van der Waals surface area contributed by atoms with Crippen molar-refractivity contribution in [2.24, 2.45) is 0 Å². The fraction of sp³-hybridized carbons (Fsp3) is 0.286. The Kier molecular flexibility index (Phi) is 4.78. The first-order valence-corrected chi connectivity index (χ1v) is 7.05. The molecule has 1 heterocycles. The van der Waals surface area contributed by atoms with E-state index in [4.69, 9.17) is 11.6 Å². The van der Waals surface area contributed by atoms with Gasteiger partial charge in [0.15, 0.2) is 0 Å². The molecule has 0 saturated heterocycles. The second-order valence-corrected chi connectivity index (χ2v) is 5.96. The van der Waals surface area contributed by atoms with Crippen LogP contribution in [0.5, 0.6) is 0 Å². The lowest BCUT2D eigenvalue weighted by atomic mass is 10.1. The average Bonchev–Trinajstić information content (AvgIpc) is 2.75. The molecule has 0 radical (unpaired) electrons. The van der Waals surface area contributed by atoms with Gasteiger partial charge in [0.2, 0.25) is 0 Å². The smallest absolute Gasteiger partial charge is 0.0928 e. The molecule has 18 heavy (non-hydrogen) atoms. The van der Waals surface area contributed by atoms with E-state index in [-0.39, 0.29) is 0 Å². The normalized spacial score (nSPS) is 12.6. The van der Waals surface area contributed by atoms with Gasteiger partial charge in [0.25, 0.3) is 0 Å². The van der Waals surface area contributed by atoms with E-state index < -0.39 is 6.10 Å². The van der Waals surface area contributed by atoms with Gasteiger partial charge in [0, 0.05) is 33.4 Å². The van der Waals surface area contributed by atoms with Crippen LogP contribution in [0.15, 0.2) is 36.4 Å². The highest BCUT2D eigenvalue weighted by Crippen LogP contribution is 2.22. The molecule has 0 aliphatic rings. The molecule has 2 N–H and O–H groups in total. The van der Waals surface area contributed by atoms with E-state index >= 15 is 0 Å². The van der Waals surface area contributed by atoms with Gasteiger partial charge in [-0.15, -0.1) is 11.3 Å². The van der Waals surface area contributed by atoms with Crippen molar-refractivity contribution in [1.82, 2.24) is 5.32 Å². The first-order valence-electron chi connectivity index (χ1n) is 5.85. The summed E-state index contributed by atoms with van der Waals surface area (Å²) in [5, 5.41) is 13.9. The quantitative estimate of drug-likeness (QED) is 0.879. The van der Waals surface area contributed by atoms with Gasteiger partial charge in [-0.05, 0) is 25.1 Å². The van der Waals surface area contributed by atoms with Gasteiger partial charge in [-0.3, -0.25) is 0 Å². The van der Waals surface area contributed by atoms with Crippen molar-refractivity contribution in [3.05, 3.63) is 56.7 Å². The molecule has 2 aromatic rings. The van der Waals surface area contributed by atoms with Crippen LogP contribution >= 0.6 is 22.9 Å². The standard InChI is InChI=1S/C14H16ClNOS/c1-10-6-7-11(18-10)8-16-9-14(17)12-4-2-3-5-13(12)15/h2-7,14,16-17H,8-9H2,1H3. The summed E-state index contributed by atoms with van der Waals surface area (Å²) in [6.45, 7) is 3.37. The third-order valence-corrected chi connectivity index (χ3v) is 4.04. The minimum Gasteiger partial charge on any atom is -0.387 e. The minimum atomic E-state index is -0.570. The summed E-state index contributed by atoms with van der Waals surface area (Å²) in [6, 6.07) is 11.6. The Labute approximate surface area is 116 Å². The summed E-state index contributed by atoms with van der Waals surface area (Å²) in [7, 11) is 0. The molecule has 1 aromatic carbocycles. The maximum absolute atomic E-state index is 10.0. The van der Waals surface area contributed by atoms with Crippen LogP contribution in [-0.2, 0) is 6.54 Å². The number of rotatable bonds is 5. The Morgan fingerprint density at radius 1 is 1.28 bits per heavy atom. The van der Waals surface area contributed by atoms with Crippen molar-refractivity contribution in [3.8, 4) is 0 Å². The molecular weight excluding hydrogens is 266 g/mol. The zero-order valence-corrected chi connectivity index (χ0v) is 11.8. The van der Waals surface area contributed by atoms with Crippen molar-refractivity contribution in [2.75, 3.05) is 6.54 Å². The van der Waals surface area contributed by atoms with Crippen LogP contribution in [0.3, 0.4) is 0 Å². The van der Waals surface area contributed by atoms with E-state index in [0.29, 0.717) is 11.6 Å². The van der Waals surface area contributed by atoms with Gasteiger partial charge in [-0.2, -0.15) is 0 Å². The minimum absolute atomic E-state index is 0.501. The highest BCUT2D eigenvalue weighted by atomic mass is 35.5. The highest BCUT2D eigenvalue weighted by Gasteiger charge is 2.10. The molecule has 1 aromatic heterocycles. The number of benzene rings is 1. The summed E-state index contributed by atoms with van der Waals surface area (Å²) >= 11 is 7.80. The molecule has 2 rings (SSSR count). The van der Waals surface area contributed by atoms with E-state index in [1.54, 1.807) is 17.4 Å². The van der Waals surface area contributed by atoms with Crippen LogP contribution in [0, 0.1) is 6.92 Å². The van der Waals surface area contributed by atoms with E-state index in [9.17, 15) is 5.11 Å². The van der Waals surface area contributed by atoms with Crippen LogP contribution in [0.4, 0.5) is 0 Å². The van der Waals surface area contributed by atoms with Gasteiger partial charge < -0.3 is 10.4 Å². The molecule has 0 spiro atoms. The Morgan fingerprint density at radius 3 is 2.72 bits per heavy atom. The van der Waals surface area contributed by atoms with E-state index in [1.165, 1.54) is 9.75 Å². The third kappa shape index (κ3) is 3.56. The van der Waals surface area contributed by atoms with Crippen LogP contribution in [0.2, 0.25) is 5.02 Å². The zero-order chi connectivity index (χ0) is 13.0. The molecule has 0 amide bonds. The largest absolute Gasteiger partial charge is 0.387 e. The van der Waals surface area contributed by atoms with Crippen LogP contribution in [0.25, 0.3) is 0 Å². The summed E-state index contributed by atoms with van der Waals surface area (Å²) in [5.41, 5.74) is 0.772. The molecule has 96 valence electrons. The monoisotopic (exact) mass is 281 g/mol. The van der Waals surface area contributed by atoms with Gasteiger partial charge in [0.1, 0.15) is 0 Å². The molecule has 4 heteroatoms. The van der Waals surface area contributed by atoms with E-state index in [1.807, 2.05) is 18.2 Å². The van der Waals surface area contributed by atoms with Gasteiger partial charge in [0.05, 0.1) is 6.10 Å². The molecule has 0 aliphatic carbocycles. The molecule has 0 fully saturated rings. The number of aliphatic hydroxyl groups excluding tert-OH is 1. The number of nitrogens with one attached hydrogen (secondary N) is 1. The second-order valence-electron chi connectivity index (χ2n) is 4.18. The SMILES string of the molecule is Cc1ccc(CNCC(O)c2ccccc2Cl)s1. The maximum Gasteiger partial charge on any atom is 0.0928 e. The third-order valence-electron chi connectivity index (χ3n) is 2.70. The molecule has 1 unspecified atom stereocenters. The summed E-state index contributed by atoms with van der Waals surface area (Å²) in [6.07, 6.45) is -0.570. The Bertz CT molecular complexity index is 512. The number of aryl methyl sites for hydroxylation is 1. The molecule has 0 bridgehead atoms. The summed E-state index contributed by atoms with van der Waals surface area (Å²) in [4.78, 5) is 2.58. The van der Waals surface area contributed by atoms with Crippen LogP contribution in [0.1, 0.15) is 21.4 Å². The molecule has 2 nitrogen and oxygen atoms in total. The van der Waals surface area contributed by atoms with Crippen molar-refractivity contribution in [3.63, 3.8) is 0 Å². The maximum atomic E-state index is 10.0. The summed E-state index contributed by atoms with van der Waals surface area (Å²) < 4.78 is 0. The Morgan fingerprint density at radius 2 is 2.06 bits per heavy atom. The number of thiophene rings is 1. The lowest BCUT2D eigenvalue weighted by Gasteiger charge is -2.13. The predicted octanol–water partition coefficient (Wildman–Crippen LogP) is 3.53. The Balaban J connectivity index is 1.85. The number of hydrogen-bond donors (Lipinski definition) is 2. The van der Waals surface area contributed by atoms with Crippen molar-refractivity contribution < 1.29 is 5.11 Å². The van der Waals surface area contributed by atoms with Gasteiger partial charge >= 0.3 is 0 Å². The predicted molar refractivity (Wildman–Crippen MR) is 77.2 cm³/mol. The zero-order valence-electron chi connectivity index (χ0n) is 10.2. The second kappa shape index (κ2) is 6.34. The Hall–Kier alpha value is -0.870. The van der Waals surface area contributed by atoms with Crippen LogP contribution < -0.4 is 5.32 Å². The lowest BCUT2D eigenvalue weighted by molar-refractivity contribution is 0.174. The van der Waals surface area contributed by atoms with E-state index in [2.05, 4.69) is 24.4 Å². The summed E-state index contributed by atoms with van der Waals surface area (Å²) in [5.74, 6) is 0. The van der Waals surface area contributed by atoms with E-state index in [0.717, 1.165) is 12.1 Å². The van der Waals surface area contributed by atoms with Crippen molar-refractivity contribution in [2.45, 2.75) is 19.6 Å². The van der Waals surface area contributed by atoms with Crippen molar-refractivity contribution in [1.29, 1.82) is 0 Å². The molecule has 0 saturated carbocycles. The number of hydrogen-bond acceptors (Lipinski definition) is 3. The van der Waals surface area contributed by atoms with Gasteiger partial charge in [-0.1, -0.05) is 29.8 Å². The first-order chi connectivity index (χ1) is 8.66. The average molecular weight is 282 g/mol. The fourth-order valence-electron chi connectivity index (χ4n) is 1.77. The van der Waals surface area contributed by atoms with Crippen LogP contribution in [-0.4, -0.2) is 11.7 Å². The topological polar surface area (TPSA) is 32.3 Å². The van der Waals surface area contributed by atoms with Gasteiger partial charge in [-0.25, -0.2) is 0 Å². The fourth-order valence-corrected chi connectivity index (χ4v) is 2.89. The lowest BCUT2D eigenvalue weighted by Crippen LogP contribution is -2.20. The number of halogens is 1. The van der Waals surface area contributed by atoms with Crippen molar-refractivity contribution >= 4 is 22.9 Å². The molecule has 0 aliphatic heterocycles. The first kappa shape index (κ1) is 13.6. The number of aliphatic hydroxyl groups is 1. The molecular formula is C14H16ClNOS. The highest BCUT2D eigenvalue weighted by molar-refractivity contribution is 7.11.